The molecule has 2 aromatic carbocycles. The van der Waals surface area contributed by atoms with Crippen LogP contribution >= 0.6 is 0 Å². The molecule has 0 spiro atoms. The van der Waals surface area contributed by atoms with Crippen LogP contribution in [0.15, 0.2) is 36.4 Å². The topological polar surface area (TPSA) is 20.2 Å². The number of fused-ring (bicyclic) bond motifs is 1. The summed E-state index contributed by atoms with van der Waals surface area (Å²) in [5.74, 6) is -0.144. The summed E-state index contributed by atoms with van der Waals surface area (Å²) >= 11 is 0. The number of rotatable bonds is 6. The van der Waals surface area contributed by atoms with Crippen molar-refractivity contribution in [2.75, 3.05) is 6.61 Å². The van der Waals surface area contributed by atoms with Crippen LogP contribution in [0.1, 0.15) is 31.2 Å². The fourth-order valence-electron chi connectivity index (χ4n) is 2.34. The maximum absolute atomic E-state index is 13.6. The van der Waals surface area contributed by atoms with Crippen LogP contribution in [0.5, 0.6) is 0 Å². The highest BCUT2D eigenvalue weighted by Crippen LogP contribution is 2.23. The maximum Gasteiger partial charge on any atom is 0.131 e. The van der Waals surface area contributed by atoms with E-state index < -0.39 is 0 Å². The van der Waals surface area contributed by atoms with Gasteiger partial charge in [-0.15, -0.1) is 0 Å². The first-order valence-electron chi connectivity index (χ1n) is 6.60. The molecule has 1 nitrogen and oxygen atoms in total. The van der Waals surface area contributed by atoms with Gasteiger partial charge in [0, 0.05) is 12.0 Å². The molecule has 0 bridgehead atoms. The number of benzene rings is 2. The van der Waals surface area contributed by atoms with E-state index in [1.165, 1.54) is 11.6 Å². The van der Waals surface area contributed by atoms with Gasteiger partial charge in [0.15, 0.2) is 0 Å². The molecule has 0 aliphatic heterocycles. The zero-order valence-electron chi connectivity index (χ0n) is 10.5. The first-order valence-corrected chi connectivity index (χ1v) is 6.60. The Balaban J connectivity index is 2.07. The third-order valence-electron chi connectivity index (χ3n) is 3.31. The van der Waals surface area contributed by atoms with E-state index >= 15 is 0 Å². The summed E-state index contributed by atoms with van der Waals surface area (Å²) in [5, 5.41) is 10.5. The van der Waals surface area contributed by atoms with Crippen molar-refractivity contribution in [1.29, 1.82) is 0 Å². The van der Waals surface area contributed by atoms with E-state index in [4.69, 9.17) is 5.11 Å². The minimum atomic E-state index is -0.144. The third-order valence-corrected chi connectivity index (χ3v) is 3.31. The molecule has 0 saturated carbocycles. The standard InChI is InChI=1S/C16H19FO/c17-16-11-6-9-14-13(8-5-10-15(14)16)7-3-1-2-4-12-18/h5-6,8-11,18H,1-4,7,12H2. The van der Waals surface area contributed by atoms with Gasteiger partial charge in [-0.05, 0) is 36.3 Å². The summed E-state index contributed by atoms with van der Waals surface area (Å²) in [6.07, 6.45) is 5.13. The molecule has 0 unspecified atom stereocenters. The van der Waals surface area contributed by atoms with Crippen molar-refractivity contribution in [3.63, 3.8) is 0 Å². The normalized spacial score (nSPS) is 11.0. The molecular weight excluding hydrogens is 227 g/mol. The Morgan fingerprint density at radius 3 is 2.39 bits per heavy atom. The van der Waals surface area contributed by atoms with E-state index in [-0.39, 0.29) is 12.4 Å². The minimum Gasteiger partial charge on any atom is -0.396 e. The van der Waals surface area contributed by atoms with Crippen molar-refractivity contribution >= 4 is 10.8 Å². The van der Waals surface area contributed by atoms with Crippen LogP contribution in [0.4, 0.5) is 4.39 Å². The Labute approximate surface area is 107 Å². The van der Waals surface area contributed by atoms with Gasteiger partial charge in [0.1, 0.15) is 5.82 Å². The van der Waals surface area contributed by atoms with Crippen LogP contribution in [0.25, 0.3) is 10.8 Å². The molecule has 0 fully saturated rings. The molecule has 0 aliphatic rings. The number of unbranched alkanes of at least 4 members (excludes halogenated alkanes) is 3. The molecule has 2 aromatic rings. The molecule has 18 heavy (non-hydrogen) atoms. The fourth-order valence-corrected chi connectivity index (χ4v) is 2.34. The Bertz CT molecular complexity index is 507. The largest absolute Gasteiger partial charge is 0.396 e. The Morgan fingerprint density at radius 2 is 1.56 bits per heavy atom. The maximum atomic E-state index is 13.6. The van der Waals surface area contributed by atoms with Crippen LogP contribution < -0.4 is 0 Å². The van der Waals surface area contributed by atoms with Gasteiger partial charge in [-0.3, -0.25) is 0 Å². The van der Waals surface area contributed by atoms with Crippen LogP contribution in [-0.4, -0.2) is 11.7 Å². The summed E-state index contributed by atoms with van der Waals surface area (Å²) < 4.78 is 13.6. The molecule has 96 valence electrons. The molecule has 0 heterocycles. The van der Waals surface area contributed by atoms with Crippen LogP contribution in [0.3, 0.4) is 0 Å². The molecule has 0 atom stereocenters. The zero-order chi connectivity index (χ0) is 12.8. The predicted molar refractivity (Wildman–Crippen MR) is 73.2 cm³/mol. The van der Waals surface area contributed by atoms with Gasteiger partial charge < -0.3 is 5.11 Å². The van der Waals surface area contributed by atoms with Crippen molar-refractivity contribution in [2.24, 2.45) is 0 Å². The zero-order valence-corrected chi connectivity index (χ0v) is 10.5. The lowest BCUT2D eigenvalue weighted by molar-refractivity contribution is 0.282. The molecule has 1 N–H and O–H groups in total. The number of hydrogen-bond acceptors (Lipinski definition) is 1. The summed E-state index contributed by atoms with van der Waals surface area (Å²) in [7, 11) is 0. The average Bonchev–Trinajstić information content (AvgIpc) is 2.39. The molecule has 0 amide bonds. The lowest BCUT2D eigenvalue weighted by Gasteiger charge is -2.07. The van der Waals surface area contributed by atoms with E-state index in [1.807, 2.05) is 18.2 Å². The number of aryl methyl sites for hydroxylation is 1. The second kappa shape index (κ2) is 6.50. The molecule has 0 saturated heterocycles. The van der Waals surface area contributed by atoms with Gasteiger partial charge in [-0.25, -0.2) is 4.39 Å². The highest BCUT2D eigenvalue weighted by atomic mass is 19.1. The Hall–Kier alpha value is -1.41. The van der Waals surface area contributed by atoms with Crippen LogP contribution in [0.2, 0.25) is 0 Å². The van der Waals surface area contributed by atoms with Crippen molar-refractivity contribution in [2.45, 2.75) is 32.1 Å². The predicted octanol–water partition coefficient (Wildman–Crippen LogP) is 4.07. The SMILES string of the molecule is OCCCCCCc1cccc2c(F)cccc12. The molecular formula is C16H19FO. The van der Waals surface area contributed by atoms with E-state index in [0.29, 0.717) is 5.39 Å². The molecule has 0 aliphatic carbocycles. The first-order chi connectivity index (χ1) is 8.83. The second-order valence-corrected chi connectivity index (χ2v) is 4.64. The number of hydrogen-bond donors (Lipinski definition) is 1. The van der Waals surface area contributed by atoms with Gasteiger partial charge in [-0.1, -0.05) is 43.2 Å². The van der Waals surface area contributed by atoms with Crippen LogP contribution in [-0.2, 0) is 6.42 Å². The van der Waals surface area contributed by atoms with Crippen molar-refractivity contribution in [1.82, 2.24) is 0 Å². The summed E-state index contributed by atoms with van der Waals surface area (Å²) in [4.78, 5) is 0. The molecule has 2 heteroatoms. The second-order valence-electron chi connectivity index (χ2n) is 4.64. The van der Waals surface area contributed by atoms with Gasteiger partial charge in [0.05, 0.1) is 0 Å². The minimum absolute atomic E-state index is 0.144. The number of aliphatic hydroxyl groups excluding tert-OH is 1. The monoisotopic (exact) mass is 246 g/mol. The number of aliphatic hydroxyl groups is 1. The lowest BCUT2D eigenvalue weighted by Crippen LogP contribution is -1.90. The average molecular weight is 246 g/mol. The quantitative estimate of drug-likeness (QED) is 0.762. The summed E-state index contributed by atoms with van der Waals surface area (Å²) in [5.41, 5.74) is 1.22. The van der Waals surface area contributed by atoms with Crippen LogP contribution in [0, 0.1) is 5.82 Å². The Kier molecular flexibility index (Phi) is 4.71. The van der Waals surface area contributed by atoms with Crippen molar-refractivity contribution in [3.05, 3.63) is 47.8 Å². The summed E-state index contributed by atoms with van der Waals surface area (Å²) in [6, 6.07) is 11.1. The van der Waals surface area contributed by atoms with E-state index in [9.17, 15) is 4.39 Å². The number of halogens is 1. The highest BCUT2D eigenvalue weighted by Gasteiger charge is 2.04. The smallest absolute Gasteiger partial charge is 0.131 e. The molecule has 0 aromatic heterocycles. The summed E-state index contributed by atoms with van der Waals surface area (Å²) in [6.45, 7) is 0.277. The van der Waals surface area contributed by atoms with Gasteiger partial charge in [0.2, 0.25) is 0 Å². The van der Waals surface area contributed by atoms with E-state index in [1.54, 1.807) is 6.07 Å². The van der Waals surface area contributed by atoms with Gasteiger partial charge in [-0.2, -0.15) is 0 Å². The van der Waals surface area contributed by atoms with E-state index in [2.05, 4.69) is 6.07 Å². The van der Waals surface area contributed by atoms with Crippen molar-refractivity contribution < 1.29 is 9.50 Å². The van der Waals surface area contributed by atoms with Crippen molar-refractivity contribution in [3.8, 4) is 0 Å². The lowest BCUT2D eigenvalue weighted by atomic mass is 9.99. The first kappa shape index (κ1) is 13.0. The van der Waals surface area contributed by atoms with Gasteiger partial charge >= 0.3 is 0 Å². The van der Waals surface area contributed by atoms with E-state index in [0.717, 1.165) is 37.5 Å². The fraction of sp³-hybridized carbons (Fsp3) is 0.375. The third kappa shape index (κ3) is 3.08. The molecule has 0 radical (unpaired) electrons. The molecule has 2 rings (SSSR count). The highest BCUT2D eigenvalue weighted by molar-refractivity contribution is 5.86. The Morgan fingerprint density at radius 1 is 0.833 bits per heavy atom. The van der Waals surface area contributed by atoms with Gasteiger partial charge in [0.25, 0.3) is 0 Å².